The number of hydrogen-bond acceptors (Lipinski definition) is 6. The van der Waals surface area contributed by atoms with Crippen LogP contribution in [0.15, 0.2) is 0 Å². The summed E-state index contributed by atoms with van der Waals surface area (Å²) in [5, 5.41) is 9.16. The van der Waals surface area contributed by atoms with Gasteiger partial charge in [0.1, 0.15) is 0 Å². The molecule has 7 heteroatoms. The quantitative estimate of drug-likeness (QED) is 0.183. The number of carboxylic acids is 1. The summed E-state index contributed by atoms with van der Waals surface area (Å²) in [5.41, 5.74) is 0. The van der Waals surface area contributed by atoms with E-state index < -0.39 is 12.3 Å². The lowest BCUT2D eigenvalue weighted by atomic mass is 10.1. The average Bonchev–Trinajstić information content (AvgIpc) is 2.71. The summed E-state index contributed by atoms with van der Waals surface area (Å²) in [7, 11) is 0. The van der Waals surface area contributed by atoms with Crippen LogP contribution in [0.2, 0.25) is 0 Å². The standard InChI is InChI=1S/C22H44O7/c1-3-5-6-7-8-9-10-11-12-13-14-28-22(21(23)24)29-20-19-27-18-17-26-16-15-25-4-2/h22H,3-20H2,1-2H3,(H,23,24). The van der Waals surface area contributed by atoms with Crippen LogP contribution in [0.4, 0.5) is 0 Å². The summed E-state index contributed by atoms with van der Waals surface area (Å²) >= 11 is 0. The van der Waals surface area contributed by atoms with Gasteiger partial charge < -0.3 is 28.8 Å². The Morgan fingerprint density at radius 2 is 1.07 bits per heavy atom. The van der Waals surface area contributed by atoms with Crippen LogP contribution >= 0.6 is 0 Å². The molecule has 0 aromatic heterocycles. The van der Waals surface area contributed by atoms with Gasteiger partial charge in [-0.2, -0.15) is 0 Å². The smallest absolute Gasteiger partial charge is 0.361 e. The number of carboxylic acid groups (broad SMARTS) is 1. The summed E-state index contributed by atoms with van der Waals surface area (Å²) in [6.07, 6.45) is 11.1. The molecule has 0 saturated carbocycles. The average molecular weight is 421 g/mol. The molecule has 0 heterocycles. The molecular weight excluding hydrogens is 376 g/mol. The molecule has 0 amide bonds. The Balaban J connectivity index is 3.44. The Morgan fingerprint density at radius 3 is 1.59 bits per heavy atom. The van der Waals surface area contributed by atoms with Crippen molar-refractivity contribution in [1.82, 2.24) is 0 Å². The molecular formula is C22H44O7. The molecule has 1 N–H and O–H groups in total. The fourth-order valence-corrected chi connectivity index (χ4v) is 2.77. The largest absolute Gasteiger partial charge is 0.477 e. The van der Waals surface area contributed by atoms with E-state index >= 15 is 0 Å². The van der Waals surface area contributed by atoms with Gasteiger partial charge in [-0.3, -0.25) is 0 Å². The first kappa shape index (κ1) is 28.3. The van der Waals surface area contributed by atoms with Crippen molar-refractivity contribution in [2.24, 2.45) is 0 Å². The number of rotatable bonds is 24. The number of hydrogen-bond donors (Lipinski definition) is 1. The zero-order valence-electron chi connectivity index (χ0n) is 18.7. The third-order valence-electron chi connectivity index (χ3n) is 4.41. The van der Waals surface area contributed by atoms with Crippen molar-refractivity contribution < 1.29 is 33.6 Å². The lowest BCUT2D eigenvalue weighted by Crippen LogP contribution is -2.29. The summed E-state index contributed by atoms with van der Waals surface area (Å²) in [5.74, 6) is -1.10. The van der Waals surface area contributed by atoms with E-state index in [4.69, 9.17) is 28.8 Å². The zero-order chi connectivity index (χ0) is 21.4. The van der Waals surface area contributed by atoms with Crippen molar-refractivity contribution in [3.8, 4) is 0 Å². The lowest BCUT2D eigenvalue weighted by molar-refractivity contribution is -0.192. The van der Waals surface area contributed by atoms with E-state index in [0.717, 1.165) is 12.8 Å². The third kappa shape index (κ3) is 21.8. The van der Waals surface area contributed by atoms with Gasteiger partial charge in [0, 0.05) is 6.61 Å². The maximum Gasteiger partial charge on any atom is 0.361 e. The van der Waals surface area contributed by atoms with Gasteiger partial charge in [-0.25, -0.2) is 4.79 Å². The fraction of sp³-hybridized carbons (Fsp3) is 0.955. The van der Waals surface area contributed by atoms with Crippen LogP contribution in [0.25, 0.3) is 0 Å². The Labute approximate surface area is 177 Å². The van der Waals surface area contributed by atoms with Crippen LogP contribution in [0.3, 0.4) is 0 Å². The molecule has 0 aliphatic heterocycles. The van der Waals surface area contributed by atoms with E-state index in [9.17, 15) is 4.79 Å². The fourth-order valence-electron chi connectivity index (χ4n) is 2.77. The van der Waals surface area contributed by atoms with Crippen molar-refractivity contribution in [2.75, 3.05) is 52.9 Å². The van der Waals surface area contributed by atoms with Gasteiger partial charge in [0.2, 0.25) is 0 Å². The molecule has 0 saturated heterocycles. The van der Waals surface area contributed by atoms with Gasteiger partial charge in [0.05, 0.1) is 46.2 Å². The number of ether oxygens (including phenoxy) is 5. The van der Waals surface area contributed by atoms with Crippen molar-refractivity contribution in [3.63, 3.8) is 0 Å². The van der Waals surface area contributed by atoms with Crippen molar-refractivity contribution in [1.29, 1.82) is 0 Å². The predicted octanol–water partition coefficient (Wildman–Crippen LogP) is 4.42. The highest BCUT2D eigenvalue weighted by Gasteiger charge is 2.18. The molecule has 0 radical (unpaired) electrons. The maximum atomic E-state index is 11.2. The van der Waals surface area contributed by atoms with E-state index in [2.05, 4.69) is 6.92 Å². The van der Waals surface area contributed by atoms with Crippen LogP contribution < -0.4 is 0 Å². The third-order valence-corrected chi connectivity index (χ3v) is 4.41. The lowest BCUT2D eigenvalue weighted by Gasteiger charge is -2.14. The van der Waals surface area contributed by atoms with E-state index in [1.807, 2.05) is 6.92 Å². The molecule has 0 aliphatic rings. The molecule has 0 aliphatic carbocycles. The van der Waals surface area contributed by atoms with Crippen LogP contribution in [0.5, 0.6) is 0 Å². The topological polar surface area (TPSA) is 83.5 Å². The second kappa shape index (κ2) is 23.5. The van der Waals surface area contributed by atoms with Gasteiger partial charge in [-0.1, -0.05) is 64.7 Å². The Bertz CT molecular complexity index is 339. The molecule has 174 valence electrons. The molecule has 1 atom stereocenters. The highest BCUT2D eigenvalue weighted by Crippen LogP contribution is 2.10. The van der Waals surface area contributed by atoms with Crippen molar-refractivity contribution in [3.05, 3.63) is 0 Å². The van der Waals surface area contributed by atoms with E-state index in [0.29, 0.717) is 46.2 Å². The van der Waals surface area contributed by atoms with Crippen LogP contribution in [0, 0.1) is 0 Å². The minimum Gasteiger partial charge on any atom is -0.477 e. The summed E-state index contributed by atoms with van der Waals surface area (Å²) < 4.78 is 26.4. The van der Waals surface area contributed by atoms with Crippen LogP contribution in [-0.4, -0.2) is 70.2 Å². The SMILES string of the molecule is CCCCCCCCCCCCOC(OCCOCCOCCOCC)C(=O)O. The Kier molecular flexibility index (Phi) is 23.0. The molecule has 1 unspecified atom stereocenters. The molecule has 7 nitrogen and oxygen atoms in total. The van der Waals surface area contributed by atoms with Gasteiger partial charge >= 0.3 is 5.97 Å². The molecule has 0 rings (SSSR count). The first-order chi connectivity index (χ1) is 14.2. The molecule has 0 fully saturated rings. The Morgan fingerprint density at radius 1 is 0.621 bits per heavy atom. The van der Waals surface area contributed by atoms with E-state index in [-0.39, 0.29) is 6.61 Å². The van der Waals surface area contributed by atoms with Crippen molar-refractivity contribution >= 4 is 5.97 Å². The molecule has 0 aromatic carbocycles. The Hall–Kier alpha value is -0.730. The predicted molar refractivity (Wildman–Crippen MR) is 113 cm³/mol. The second-order valence-corrected chi connectivity index (χ2v) is 7.02. The summed E-state index contributed by atoms with van der Waals surface area (Å²) in [6.45, 7) is 7.78. The summed E-state index contributed by atoms with van der Waals surface area (Å²) in [4.78, 5) is 11.2. The highest BCUT2D eigenvalue weighted by atomic mass is 16.7. The van der Waals surface area contributed by atoms with Crippen molar-refractivity contribution in [2.45, 2.75) is 84.3 Å². The first-order valence-corrected chi connectivity index (χ1v) is 11.4. The second-order valence-electron chi connectivity index (χ2n) is 7.02. The normalized spacial score (nSPS) is 12.3. The van der Waals surface area contributed by atoms with Gasteiger partial charge in [-0.05, 0) is 13.3 Å². The van der Waals surface area contributed by atoms with Crippen LogP contribution in [-0.2, 0) is 28.5 Å². The molecule has 0 bridgehead atoms. The summed E-state index contributed by atoms with van der Waals surface area (Å²) in [6, 6.07) is 0. The minimum absolute atomic E-state index is 0.175. The van der Waals surface area contributed by atoms with Crippen LogP contribution in [0.1, 0.15) is 78.1 Å². The van der Waals surface area contributed by atoms with Gasteiger partial charge in [0.15, 0.2) is 0 Å². The zero-order valence-corrected chi connectivity index (χ0v) is 18.7. The highest BCUT2D eigenvalue weighted by molar-refractivity contribution is 5.70. The minimum atomic E-state index is -1.22. The number of aliphatic carboxylic acids is 1. The monoisotopic (exact) mass is 420 g/mol. The number of carbonyl (C=O) groups is 1. The first-order valence-electron chi connectivity index (χ1n) is 11.4. The van der Waals surface area contributed by atoms with Gasteiger partial charge in [-0.15, -0.1) is 0 Å². The maximum absolute atomic E-state index is 11.2. The van der Waals surface area contributed by atoms with Gasteiger partial charge in [0.25, 0.3) is 6.29 Å². The van der Waals surface area contributed by atoms with E-state index in [1.165, 1.54) is 51.4 Å². The van der Waals surface area contributed by atoms with E-state index in [1.54, 1.807) is 0 Å². The molecule has 0 spiro atoms. The number of unbranched alkanes of at least 4 members (excludes halogenated alkanes) is 9. The molecule has 0 aromatic rings. The molecule has 29 heavy (non-hydrogen) atoms.